The molecule has 0 radical (unpaired) electrons. The molecule has 4 unspecified atom stereocenters. The number of nitro benzene ring substituents is 1. The molecular formula is C34H43N3O10S2. The number of nitrogens with one attached hydrogen (secondary N) is 1. The van der Waals surface area contributed by atoms with Crippen LogP contribution in [0.4, 0.5) is 10.5 Å². The number of nitro groups is 1. The lowest BCUT2D eigenvalue weighted by Crippen LogP contribution is -2.74. The Morgan fingerprint density at radius 3 is 2.49 bits per heavy atom. The average Bonchev–Trinajstić information content (AvgIpc) is 3.56. The van der Waals surface area contributed by atoms with Crippen LogP contribution in [-0.4, -0.2) is 78.5 Å². The molecule has 266 valence electrons. The number of non-ortho nitro benzene ring substituents is 1. The molecule has 3 aliphatic heterocycles. The summed E-state index contributed by atoms with van der Waals surface area (Å²) >= 11 is 0.580. The first-order valence-electron chi connectivity index (χ1n) is 16.3. The number of β-lactam (4-membered cyclic amide) rings is 1. The van der Waals surface area contributed by atoms with E-state index in [1.807, 2.05) is 18.2 Å². The van der Waals surface area contributed by atoms with Crippen LogP contribution in [0.25, 0.3) is 0 Å². The van der Waals surface area contributed by atoms with E-state index in [9.17, 15) is 34.2 Å². The summed E-state index contributed by atoms with van der Waals surface area (Å²) in [5.41, 5.74) is 2.07. The van der Waals surface area contributed by atoms with Crippen molar-refractivity contribution >= 4 is 46.6 Å². The van der Waals surface area contributed by atoms with Crippen molar-refractivity contribution in [3.63, 3.8) is 0 Å². The lowest BCUT2D eigenvalue weighted by atomic mass is 9.99. The van der Waals surface area contributed by atoms with Gasteiger partial charge in [0.15, 0.2) is 17.5 Å². The van der Waals surface area contributed by atoms with Crippen molar-refractivity contribution in [2.24, 2.45) is 0 Å². The Balaban J connectivity index is 0.000000226. The van der Waals surface area contributed by atoms with Crippen molar-refractivity contribution in [3.05, 3.63) is 75.9 Å². The first kappa shape index (κ1) is 37.9. The van der Waals surface area contributed by atoms with E-state index < -0.39 is 51.5 Å². The summed E-state index contributed by atoms with van der Waals surface area (Å²) in [6, 6.07) is 9.56. The fraction of sp³-hybridized carbons (Fsp3) is 0.500. The first-order chi connectivity index (χ1) is 23.5. The number of ether oxygens (including phenoxy) is 3. The van der Waals surface area contributed by atoms with E-state index in [0.717, 1.165) is 30.1 Å². The third-order valence-corrected chi connectivity index (χ3v) is 11.5. The largest absolute Gasteiger partial charge is 0.616 e. The van der Waals surface area contributed by atoms with E-state index in [1.165, 1.54) is 78.6 Å². The topological polar surface area (TPSA) is 181 Å². The SMILES string of the molecule is C=C1CS[C@@H]2C(NC(=O)OCc3ccc([N+](=O)[O-])cc3)C(=O)N2C1C(=O)O.CCCCCCCC[S+]([O-])C(C)Cc1ccc2c(c1)OCO2. The molecule has 0 bridgehead atoms. The smallest absolute Gasteiger partial charge is 0.408 e. The summed E-state index contributed by atoms with van der Waals surface area (Å²) in [5.74, 6) is 1.17. The number of carboxylic acid groups (broad SMARTS) is 1. The van der Waals surface area contributed by atoms with E-state index >= 15 is 0 Å². The summed E-state index contributed by atoms with van der Waals surface area (Å²) in [6.07, 6.45) is 7.49. The summed E-state index contributed by atoms with van der Waals surface area (Å²) in [7, 11) is 0. The van der Waals surface area contributed by atoms with Gasteiger partial charge in [-0.05, 0) is 60.7 Å². The first-order valence-corrected chi connectivity index (χ1v) is 18.7. The minimum Gasteiger partial charge on any atom is -0.616 e. The van der Waals surface area contributed by atoms with E-state index in [0.29, 0.717) is 23.7 Å². The summed E-state index contributed by atoms with van der Waals surface area (Å²) in [4.78, 5) is 46.8. The summed E-state index contributed by atoms with van der Waals surface area (Å²) in [5, 5.41) is 22.0. The van der Waals surface area contributed by atoms with Crippen LogP contribution >= 0.6 is 11.8 Å². The highest BCUT2D eigenvalue weighted by molar-refractivity contribution is 8.00. The number of benzene rings is 2. The monoisotopic (exact) mass is 717 g/mol. The van der Waals surface area contributed by atoms with E-state index in [-0.39, 0.29) is 17.5 Å². The van der Waals surface area contributed by atoms with Crippen molar-refractivity contribution in [2.75, 3.05) is 18.3 Å². The number of amides is 2. The zero-order valence-electron chi connectivity index (χ0n) is 27.7. The van der Waals surface area contributed by atoms with Crippen LogP contribution in [0, 0.1) is 10.1 Å². The molecule has 0 aromatic heterocycles. The summed E-state index contributed by atoms with van der Waals surface area (Å²) in [6.45, 7) is 8.18. The highest BCUT2D eigenvalue weighted by Gasteiger charge is 2.56. The molecule has 13 nitrogen and oxygen atoms in total. The molecule has 3 aliphatic rings. The predicted molar refractivity (Wildman–Crippen MR) is 186 cm³/mol. The molecule has 2 N–H and O–H groups in total. The maximum absolute atomic E-state index is 12.3. The van der Waals surface area contributed by atoms with Crippen molar-refractivity contribution in [2.45, 2.75) is 88.1 Å². The minimum atomic E-state index is -1.15. The molecule has 0 aliphatic carbocycles. The fourth-order valence-electron chi connectivity index (χ4n) is 5.58. The van der Waals surface area contributed by atoms with Crippen molar-refractivity contribution in [1.82, 2.24) is 10.2 Å². The number of hydrogen-bond acceptors (Lipinski definition) is 10. The van der Waals surface area contributed by atoms with E-state index in [2.05, 4.69) is 25.7 Å². The van der Waals surface area contributed by atoms with Crippen LogP contribution in [0.15, 0.2) is 54.6 Å². The fourth-order valence-corrected chi connectivity index (χ4v) is 8.16. The molecule has 49 heavy (non-hydrogen) atoms. The minimum absolute atomic E-state index is 0.0766. The van der Waals surface area contributed by atoms with E-state index in [1.54, 1.807) is 0 Å². The number of hydrogen-bond donors (Lipinski definition) is 2. The van der Waals surface area contributed by atoms with Gasteiger partial charge in [0.2, 0.25) is 12.7 Å². The lowest BCUT2D eigenvalue weighted by molar-refractivity contribution is -0.384. The van der Waals surface area contributed by atoms with Gasteiger partial charge < -0.3 is 34.1 Å². The molecule has 15 heteroatoms. The molecule has 5 rings (SSSR count). The standard InChI is InChI=1S/C18H28O3S.C16H15N3O7S/c1-3-4-5-6-7-8-11-22(19)15(2)12-16-9-10-17-18(13-16)21-14-20-17;1-8-7-27-14-11(13(20)18(14)12(8)15(21)22)17-16(23)26-6-9-2-4-10(5-3-9)19(24)25/h9-10,13,15H,3-8,11-12,14H2,1-2H3;2-5,11-12,14H,1,6-7H2,(H,17,23)(H,21,22)/t;11?,12?,14-/m.1/s1. The van der Waals surface area contributed by atoms with Crippen molar-refractivity contribution in [3.8, 4) is 11.5 Å². The van der Waals surface area contributed by atoms with Crippen molar-refractivity contribution < 1.29 is 43.2 Å². The number of carboxylic acids is 1. The van der Waals surface area contributed by atoms with E-state index in [4.69, 9.17) is 14.2 Å². The number of thioether (sulfide) groups is 1. The zero-order chi connectivity index (χ0) is 35.5. The van der Waals surface area contributed by atoms with Gasteiger partial charge in [-0.1, -0.05) is 56.4 Å². The normalized spacial score (nSPS) is 20.2. The molecule has 2 aromatic rings. The third-order valence-electron chi connectivity index (χ3n) is 8.32. The van der Waals surface area contributed by atoms with Crippen LogP contribution in [0.3, 0.4) is 0 Å². The number of carbonyl (C=O) groups is 3. The molecular weight excluding hydrogens is 675 g/mol. The number of fused-ring (bicyclic) bond motifs is 2. The molecule has 2 fully saturated rings. The summed E-state index contributed by atoms with van der Waals surface area (Å²) < 4.78 is 28.1. The molecule has 0 saturated carbocycles. The number of nitrogens with zero attached hydrogens (tertiary/aromatic N) is 2. The molecule has 0 spiro atoms. The van der Waals surface area contributed by atoms with Gasteiger partial charge in [-0.25, -0.2) is 9.59 Å². The zero-order valence-corrected chi connectivity index (χ0v) is 29.3. The second-order valence-corrected chi connectivity index (χ2v) is 15.1. The van der Waals surface area contributed by atoms with Gasteiger partial charge in [0, 0.05) is 24.3 Å². The molecule has 3 heterocycles. The highest BCUT2D eigenvalue weighted by Crippen LogP contribution is 2.40. The molecule has 2 aromatic carbocycles. The second-order valence-electron chi connectivity index (χ2n) is 12.0. The van der Waals surface area contributed by atoms with Crippen LogP contribution in [-0.2, 0) is 38.5 Å². The predicted octanol–water partition coefficient (Wildman–Crippen LogP) is 5.57. The molecule has 5 atom stereocenters. The second kappa shape index (κ2) is 18.2. The Kier molecular flexibility index (Phi) is 14.0. The Morgan fingerprint density at radius 2 is 1.80 bits per heavy atom. The quantitative estimate of drug-likeness (QED) is 0.0587. The molecule has 2 amide bonds. The van der Waals surface area contributed by atoms with Crippen LogP contribution < -0.4 is 14.8 Å². The number of carbonyl (C=O) groups excluding carboxylic acids is 2. The number of rotatable bonds is 15. The van der Waals surface area contributed by atoms with Gasteiger partial charge >= 0.3 is 12.1 Å². The van der Waals surface area contributed by atoms with Crippen LogP contribution in [0.5, 0.6) is 11.5 Å². The molecule has 2 saturated heterocycles. The number of aliphatic carboxylic acids is 1. The Hall–Kier alpha value is -3.95. The Bertz CT molecular complexity index is 1490. The average molecular weight is 718 g/mol. The lowest BCUT2D eigenvalue weighted by Gasteiger charge is -2.52. The van der Waals surface area contributed by atoms with Gasteiger partial charge in [0.05, 0.1) is 4.92 Å². The van der Waals surface area contributed by atoms with Gasteiger partial charge in [-0.15, -0.1) is 11.8 Å². The van der Waals surface area contributed by atoms with Crippen molar-refractivity contribution in [1.29, 1.82) is 0 Å². The van der Waals surface area contributed by atoms with Gasteiger partial charge in [0.25, 0.3) is 5.69 Å². The highest BCUT2D eigenvalue weighted by atomic mass is 32.2. The van der Waals surface area contributed by atoms with Gasteiger partial charge in [-0.3, -0.25) is 14.9 Å². The maximum atomic E-state index is 12.3. The number of unbranched alkanes of at least 4 members (excludes halogenated alkanes) is 5. The maximum Gasteiger partial charge on any atom is 0.408 e. The third kappa shape index (κ3) is 10.3. The van der Waals surface area contributed by atoms with Gasteiger partial charge in [-0.2, -0.15) is 0 Å². The number of alkyl carbamates (subject to hydrolysis) is 1. The van der Waals surface area contributed by atoms with Crippen LogP contribution in [0.1, 0.15) is 63.5 Å². The van der Waals surface area contributed by atoms with Gasteiger partial charge in [0.1, 0.15) is 29.0 Å². The van der Waals surface area contributed by atoms with Crippen LogP contribution in [0.2, 0.25) is 0 Å². The Morgan fingerprint density at radius 1 is 1.12 bits per heavy atom. The Labute approximate surface area is 293 Å².